The van der Waals surface area contributed by atoms with Crippen LogP contribution in [0.15, 0.2) is 36.9 Å². The number of carbonyl (C=O) groups excluding carboxylic acids is 2. The van der Waals surface area contributed by atoms with Gasteiger partial charge in [0.05, 0.1) is 7.11 Å². The first-order valence-corrected chi connectivity index (χ1v) is 6.02. The van der Waals surface area contributed by atoms with E-state index < -0.39 is 6.09 Å². The molecule has 1 aliphatic heterocycles. The first kappa shape index (κ1) is 13.1. The number of rotatable bonds is 3. The Kier molecular flexibility index (Phi) is 3.85. The minimum Gasteiger partial charge on any atom is -0.453 e. The molecular formula is C14H16N2O3. The van der Waals surface area contributed by atoms with E-state index in [0.29, 0.717) is 18.7 Å². The average Bonchev–Trinajstić information content (AvgIpc) is 2.80. The van der Waals surface area contributed by atoms with Crippen molar-refractivity contribution in [2.75, 3.05) is 23.9 Å². The van der Waals surface area contributed by atoms with E-state index in [1.54, 1.807) is 29.2 Å². The molecule has 0 spiro atoms. The van der Waals surface area contributed by atoms with Crippen LogP contribution >= 0.6 is 0 Å². The van der Waals surface area contributed by atoms with Crippen LogP contribution in [0.4, 0.5) is 16.2 Å². The van der Waals surface area contributed by atoms with Gasteiger partial charge in [0.2, 0.25) is 5.91 Å². The normalized spacial score (nSPS) is 18.3. The molecule has 19 heavy (non-hydrogen) atoms. The Bertz CT molecular complexity index is 513. The number of amides is 2. The lowest BCUT2D eigenvalue weighted by Crippen LogP contribution is -2.24. The summed E-state index contributed by atoms with van der Waals surface area (Å²) in [5.74, 6) is 0.254. The smallest absolute Gasteiger partial charge is 0.411 e. The molecule has 0 bridgehead atoms. The molecular weight excluding hydrogens is 244 g/mol. The number of ether oxygens (including phenoxy) is 1. The summed E-state index contributed by atoms with van der Waals surface area (Å²) in [4.78, 5) is 24.8. The van der Waals surface area contributed by atoms with Gasteiger partial charge in [0.15, 0.2) is 0 Å². The van der Waals surface area contributed by atoms with E-state index >= 15 is 0 Å². The predicted molar refractivity (Wildman–Crippen MR) is 73.1 cm³/mol. The molecule has 1 aliphatic rings. The summed E-state index contributed by atoms with van der Waals surface area (Å²) in [6.07, 6.45) is 1.75. The van der Waals surface area contributed by atoms with Gasteiger partial charge in [0, 0.05) is 30.3 Å². The monoisotopic (exact) mass is 260 g/mol. The number of methoxy groups -OCH3 is 1. The standard InChI is InChI=1S/C14H16N2O3/c1-3-10-7-13(17)16(9-10)12-6-4-5-11(8-12)15-14(18)19-2/h3-6,8,10H,1,7,9H2,2H3,(H,15,18). The Hall–Kier alpha value is -2.30. The van der Waals surface area contributed by atoms with Gasteiger partial charge in [0.25, 0.3) is 0 Å². The van der Waals surface area contributed by atoms with Gasteiger partial charge < -0.3 is 9.64 Å². The molecule has 2 rings (SSSR count). The van der Waals surface area contributed by atoms with Crippen LogP contribution in [0, 0.1) is 5.92 Å². The van der Waals surface area contributed by atoms with Gasteiger partial charge in [-0.2, -0.15) is 0 Å². The Morgan fingerprint density at radius 3 is 3.00 bits per heavy atom. The molecule has 0 aliphatic carbocycles. The van der Waals surface area contributed by atoms with E-state index in [0.717, 1.165) is 5.69 Å². The van der Waals surface area contributed by atoms with Gasteiger partial charge in [-0.05, 0) is 18.2 Å². The topological polar surface area (TPSA) is 58.6 Å². The van der Waals surface area contributed by atoms with Crippen molar-refractivity contribution in [1.29, 1.82) is 0 Å². The van der Waals surface area contributed by atoms with Crippen molar-refractivity contribution in [3.63, 3.8) is 0 Å². The summed E-state index contributed by atoms with van der Waals surface area (Å²) in [7, 11) is 1.30. The fraction of sp³-hybridized carbons (Fsp3) is 0.286. The molecule has 0 saturated carbocycles. The summed E-state index contributed by atoms with van der Waals surface area (Å²) >= 11 is 0. The number of nitrogens with one attached hydrogen (secondary N) is 1. The number of nitrogens with zero attached hydrogens (tertiary/aromatic N) is 1. The number of hydrogen-bond acceptors (Lipinski definition) is 3. The van der Waals surface area contributed by atoms with E-state index in [-0.39, 0.29) is 11.8 Å². The second-order valence-electron chi connectivity index (χ2n) is 4.37. The SMILES string of the molecule is C=CC1CC(=O)N(c2cccc(NC(=O)OC)c2)C1. The summed E-state index contributed by atoms with van der Waals surface area (Å²) in [6.45, 7) is 4.35. The molecule has 1 aromatic rings. The summed E-state index contributed by atoms with van der Waals surface area (Å²) < 4.78 is 4.53. The molecule has 1 N–H and O–H groups in total. The number of carbonyl (C=O) groups is 2. The number of benzene rings is 1. The maximum atomic E-state index is 11.9. The Morgan fingerprint density at radius 2 is 2.37 bits per heavy atom. The van der Waals surface area contributed by atoms with Crippen LogP contribution in [0.1, 0.15) is 6.42 Å². The molecule has 0 aromatic heterocycles. The summed E-state index contributed by atoms with van der Waals surface area (Å²) in [6, 6.07) is 7.12. The van der Waals surface area contributed by atoms with Crippen LogP contribution in [0.25, 0.3) is 0 Å². The van der Waals surface area contributed by atoms with Gasteiger partial charge >= 0.3 is 6.09 Å². The molecule has 1 fully saturated rings. The minimum absolute atomic E-state index is 0.0696. The second kappa shape index (κ2) is 5.56. The Morgan fingerprint density at radius 1 is 1.58 bits per heavy atom. The van der Waals surface area contributed by atoms with Crippen molar-refractivity contribution in [2.24, 2.45) is 5.92 Å². The van der Waals surface area contributed by atoms with Gasteiger partial charge in [-0.15, -0.1) is 6.58 Å². The highest BCUT2D eigenvalue weighted by Gasteiger charge is 2.28. The van der Waals surface area contributed by atoms with Crippen LogP contribution in [-0.4, -0.2) is 25.7 Å². The first-order chi connectivity index (χ1) is 9.13. The third kappa shape index (κ3) is 2.93. The third-order valence-electron chi connectivity index (χ3n) is 3.08. The van der Waals surface area contributed by atoms with Gasteiger partial charge in [0.1, 0.15) is 0 Å². The fourth-order valence-corrected chi connectivity index (χ4v) is 2.06. The zero-order valence-corrected chi connectivity index (χ0v) is 10.8. The van der Waals surface area contributed by atoms with Gasteiger partial charge in [-0.1, -0.05) is 12.1 Å². The van der Waals surface area contributed by atoms with Crippen molar-refractivity contribution in [1.82, 2.24) is 0 Å². The summed E-state index contributed by atoms with van der Waals surface area (Å²) in [5.41, 5.74) is 1.36. The Labute approximate surface area is 111 Å². The molecule has 1 saturated heterocycles. The van der Waals surface area contributed by atoms with Crippen LogP contribution in [0.3, 0.4) is 0 Å². The van der Waals surface area contributed by atoms with E-state index in [2.05, 4.69) is 16.6 Å². The lowest BCUT2D eigenvalue weighted by molar-refractivity contribution is -0.117. The lowest BCUT2D eigenvalue weighted by atomic mass is 10.1. The fourth-order valence-electron chi connectivity index (χ4n) is 2.06. The first-order valence-electron chi connectivity index (χ1n) is 6.02. The third-order valence-corrected chi connectivity index (χ3v) is 3.08. The van der Waals surface area contributed by atoms with Crippen molar-refractivity contribution in [3.8, 4) is 0 Å². The number of hydrogen-bond donors (Lipinski definition) is 1. The van der Waals surface area contributed by atoms with E-state index in [1.807, 2.05) is 6.07 Å². The summed E-state index contributed by atoms with van der Waals surface area (Å²) in [5, 5.41) is 2.58. The second-order valence-corrected chi connectivity index (χ2v) is 4.37. The lowest BCUT2D eigenvalue weighted by Gasteiger charge is -2.17. The highest BCUT2D eigenvalue weighted by molar-refractivity contribution is 5.97. The largest absolute Gasteiger partial charge is 0.453 e. The van der Waals surface area contributed by atoms with Gasteiger partial charge in [-0.25, -0.2) is 4.79 Å². The zero-order valence-electron chi connectivity index (χ0n) is 10.8. The van der Waals surface area contributed by atoms with Crippen molar-refractivity contribution in [3.05, 3.63) is 36.9 Å². The molecule has 0 radical (unpaired) electrons. The van der Waals surface area contributed by atoms with Crippen molar-refractivity contribution >= 4 is 23.4 Å². The highest BCUT2D eigenvalue weighted by Crippen LogP contribution is 2.27. The molecule has 1 aromatic carbocycles. The zero-order chi connectivity index (χ0) is 13.8. The maximum absolute atomic E-state index is 11.9. The van der Waals surface area contributed by atoms with Crippen LogP contribution in [-0.2, 0) is 9.53 Å². The predicted octanol–water partition coefficient (Wildman–Crippen LogP) is 2.40. The van der Waals surface area contributed by atoms with Crippen LogP contribution in [0.5, 0.6) is 0 Å². The van der Waals surface area contributed by atoms with Crippen LogP contribution < -0.4 is 10.2 Å². The van der Waals surface area contributed by atoms with E-state index in [9.17, 15) is 9.59 Å². The highest BCUT2D eigenvalue weighted by atomic mass is 16.5. The molecule has 5 nitrogen and oxygen atoms in total. The van der Waals surface area contributed by atoms with Crippen molar-refractivity contribution in [2.45, 2.75) is 6.42 Å². The minimum atomic E-state index is -0.533. The van der Waals surface area contributed by atoms with Gasteiger partial charge in [-0.3, -0.25) is 10.1 Å². The molecule has 1 unspecified atom stereocenters. The average molecular weight is 260 g/mol. The number of anilines is 2. The molecule has 1 heterocycles. The molecule has 100 valence electrons. The van der Waals surface area contributed by atoms with Crippen LogP contribution in [0.2, 0.25) is 0 Å². The quantitative estimate of drug-likeness (QED) is 0.849. The van der Waals surface area contributed by atoms with E-state index in [1.165, 1.54) is 7.11 Å². The molecule has 5 heteroatoms. The van der Waals surface area contributed by atoms with E-state index in [4.69, 9.17) is 0 Å². The molecule has 2 amide bonds. The van der Waals surface area contributed by atoms with Crippen molar-refractivity contribution < 1.29 is 14.3 Å². The Balaban J connectivity index is 2.17. The molecule has 1 atom stereocenters. The maximum Gasteiger partial charge on any atom is 0.411 e.